The zero-order valence-electron chi connectivity index (χ0n) is 11.9. The molecule has 1 saturated heterocycles. The summed E-state index contributed by atoms with van der Waals surface area (Å²) in [6.45, 7) is 8.63. The maximum Gasteiger partial charge on any atom is 0.126 e. The van der Waals surface area contributed by atoms with Crippen LogP contribution in [0.25, 0.3) is 6.08 Å². The highest BCUT2D eigenvalue weighted by Crippen LogP contribution is 2.41. The van der Waals surface area contributed by atoms with E-state index in [4.69, 9.17) is 4.42 Å². The van der Waals surface area contributed by atoms with Gasteiger partial charge in [0.2, 0.25) is 0 Å². The summed E-state index contributed by atoms with van der Waals surface area (Å²) in [5, 5.41) is 10.4. The molecule has 3 heteroatoms. The summed E-state index contributed by atoms with van der Waals surface area (Å²) >= 11 is 0. The van der Waals surface area contributed by atoms with Gasteiger partial charge in [-0.2, -0.15) is 0 Å². The van der Waals surface area contributed by atoms with Crippen LogP contribution < -0.4 is 0 Å². The maximum absolute atomic E-state index is 10.4. The van der Waals surface area contributed by atoms with Crippen LogP contribution >= 0.6 is 0 Å². The largest absolute Gasteiger partial charge is 0.465 e. The molecule has 1 N–H and O–H groups in total. The van der Waals surface area contributed by atoms with Crippen molar-refractivity contribution in [1.82, 2.24) is 4.90 Å². The lowest BCUT2D eigenvalue weighted by atomic mass is 9.74. The standard InChI is InChI=1S/C15H23NO2/c1-14(2)10-13(17)12(15(3,4)16(14)5)9-11-7-6-8-18-11/h6-9,13,17H,10H2,1-5H3/b12-9-. The van der Waals surface area contributed by atoms with E-state index in [0.29, 0.717) is 0 Å². The molecule has 100 valence electrons. The minimum atomic E-state index is -0.420. The predicted octanol–water partition coefficient (Wildman–Crippen LogP) is 2.92. The Morgan fingerprint density at radius 1 is 1.39 bits per heavy atom. The summed E-state index contributed by atoms with van der Waals surface area (Å²) in [7, 11) is 2.11. The zero-order chi connectivity index (χ0) is 13.6. The second kappa shape index (κ2) is 4.25. The summed E-state index contributed by atoms with van der Waals surface area (Å²) in [6, 6.07) is 3.78. The Hall–Kier alpha value is -1.06. The quantitative estimate of drug-likeness (QED) is 0.831. The van der Waals surface area contributed by atoms with Crippen LogP contribution in [0.3, 0.4) is 0 Å². The molecular formula is C15H23NO2. The molecule has 1 fully saturated rings. The average molecular weight is 249 g/mol. The SMILES string of the molecule is CN1C(C)(C)CC(O)/C(=C/c2ccco2)C1(C)C. The van der Waals surface area contributed by atoms with E-state index in [2.05, 4.69) is 39.6 Å². The van der Waals surface area contributed by atoms with Crippen LogP contribution in [0.15, 0.2) is 28.4 Å². The highest BCUT2D eigenvalue weighted by molar-refractivity contribution is 5.53. The molecule has 18 heavy (non-hydrogen) atoms. The number of furan rings is 1. The molecule has 1 atom stereocenters. The van der Waals surface area contributed by atoms with Crippen molar-refractivity contribution < 1.29 is 9.52 Å². The molecule has 1 unspecified atom stereocenters. The number of likely N-dealkylation sites (N-methyl/N-ethyl adjacent to an activating group) is 1. The normalized spacial score (nSPS) is 29.7. The molecule has 0 radical (unpaired) electrons. The first-order valence-corrected chi connectivity index (χ1v) is 6.43. The predicted molar refractivity (Wildman–Crippen MR) is 73.2 cm³/mol. The van der Waals surface area contributed by atoms with Crippen LogP contribution in [0.5, 0.6) is 0 Å². The fourth-order valence-electron chi connectivity index (χ4n) is 2.88. The second-order valence-electron chi connectivity index (χ2n) is 6.27. The van der Waals surface area contributed by atoms with Crippen LogP contribution in [-0.4, -0.2) is 34.2 Å². The third-order valence-electron chi connectivity index (χ3n) is 4.35. The zero-order valence-corrected chi connectivity index (χ0v) is 11.9. The van der Waals surface area contributed by atoms with Crippen molar-refractivity contribution in [3.63, 3.8) is 0 Å². The van der Waals surface area contributed by atoms with E-state index in [1.165, 1.54) is 0 Å². The number of aliphatic hydroxyl groups is 1. The van der Waals surface area contributed by atoms with Gasteiger partial charge in [-0.1, -0.05) is 0 Å². The Balaban J connectivity index is 2.42. The fourth-order valence-corrected chi connectivity index (χ4v) is 2.88. The van der Waals surface area contributed by atoms with Crippen molar-refractivity contribution in [1.29, 1.82) is 0 Å². The van der Waals surface area contributed by atoms with Crippen LogP contribution in [-0.2, 0) is 0 Å². The van der Waals surface area contributed by atoms with Crippen LogP contribution in [0.2, 0.25) is 0 Å². The Kier molecular flexibility index (Phi) is 3.16. The van der Waals surface area contributed by atoms with Gasteiger partial charge in [0, 0.05) is 11.1 Å². The average Bonchev–Trinajstić information content (AvgIpc) is 2.74. The van der Waals surface area contributed by atoms with Gasteiger partial charge in [0.25, 0.3) is 0 Å². The van der Waals surface area contributed by atoms with Gasteiger partial charge in [-0.25, -0.2) is 0 Å². The molecule has 0 spiro atoms. The van der Waals surface area contributed by atoms with Crippen molar-refractivity contribution in [2.75, 3.05) is 7.05 Å². The van der Waals surface area contributed by atoms with Crippen molar-refractivity contribution in [3.8, 4) is 0 Å². The topological polar surface area (TPSA) is 36.6 Å². The van der Waals surface area contributed by atoms with Gasteiger partial charge < -0.3 is 9.52 Å². The van der Waals surface area contributed by atoms with Gasteiger partial charge in [-0.05, 0) is 64.9 Å². The lowest BCUT2D eigenvalue weighted by molar-refractivity contribution is -0.0178. The number of piperidine rings is 1. The van der Waals surface area contributed by atoms with Gasteiger partial charge in [-0.15, -0.1) is 0 Å². The van der Waals surface area contributed by atoms with E-state index in [1.54, 1.807) is 6.26 Å². The molecule has 1 aliphatic rings. The third-order valence-corrected chi connectivity index (χ3v) is 4.35. The highest BCUT2D eigenvalue weighted by atomic mass is 16.3. The van der Waals surface area contributed by atoms with Gasteiger partial charge in [-0.3, -0.25) is 4.90 Å². The Morgan fingerprint density at radius 3 is 2.61 bits per heavy atom. The number of hydrogen-bond donors (Lipinski definition) is 1. The molecule has 1 aliphatic heterocycles. The van der Waals surface area contributed by atoms with Crippen molar-refractivity contribution in [2.24, 2.45) is 0 Å². The summed E-state index contributed by atoms with van der Waals surface area (Å²) in [5.41, 5.74) is 0.816. The Labute approximate surface area is 109 Å². The van der Waals surface area contributed by atoms with Gasteiger partial charge in [0.1, 0.15) is 5.76 Å². The maximum atomic E-state index is 10.4. The van der Waals surface area contributed by atoms with Crippen LogP contribution in [0.1, 0.15) is 39.9 Å². The fraction of sp³-hybridized carbons (Fsp3) is 0.600. The third kappa shape index (κ3) is 2.13. The minimum absolute atomic E-state index is 0.0105. The van der Waals surface area contributed by atoms with Gasteiger partial charge in [0.15, 0.2) is 0 Å². The second-order valence-corrected chi connectivity index (χ2v) is 6.27. The lowest BCUT2D eigenvalue weighted by Crippen LogP contribution is -2.61. The van der Waals surface area contributed by atoms with Crippen LogP contribution in [0, 0.1) is 0 Å². The summed E-state index contributed by atoms with van der Waals surface area (Å²) in [4.78, 5) is 2.32. The lowest BCUT2D eigenvalue weighted by Gasteiger charge is -2.54. The van der Waals surface area contributed by atoms with E-state index in [0.717, 1.165) is 17.8 Å². The van der Waals surface area contributed by atoms with E-state index >= 15 is 0 Å². The molecular weight excluding hydrogens is 226 g/mol. The summed E-state index contributed by atoms with van der Waals surface area (Å²) < 4.78 is 5.36. The van der Waals surface area contributed by atoms with Gasteiger partial charge >= 0.3 is 0 Å². The van der Waals surface area contributed by atoms with E-state index in [9.17, 15) is 5.11 Å². The van der Waals surface area contributed by atoms with E-state index in [1.807, 2.05) is 18.2 Å². The van der Waals surface area contributed by atoms with Gasteiger partial charge in [0.05, 0.1) is 12.4 Å². The Morgan fingerprint density at radius 2 is 2.06 bits per heavy atom. The molecule has 2 rings (SSSR count). The molecule has 0 saturated carbocycles. The molecule has 0 aliphatic carbocycles. The highest BCUT2D eigenvalue weighted by Gasteiger charge is 2.45. The monoisotopic (exact) mass is 249 g/mol. The molecule has 1 aromatic rings. The molecule has 0 bridgehead atoms. The van der Waals surface area contributed by atoms with E-state index < -0.39 is 6.10 Å². The van der Waals surface area contributed by atoms with Crippen molar-refractivity contribution in [2.45, 2.75) is 51.3 Å². The number of likely N-dealkylation sites (tertiary alicyclic amines) is 1. The first kappa shape index (κ1) is 13.4. The van der Waals surface area contributed by atoms with Crippen molar-refractivity contribution in [3.05, 3.63) is 29.7 Å². The smallest absolute Gasteiger partial charge is 0.126 e. The first-order chi connectivity index (χ1) is 8.25. The number of nitrogens with zero attached hydrogens (tertiary/aromatic N) is 1. The molecule has 0 aromatic carbocycles. The molecule has 3 nitrogen and oxygen atoms in total. The minimum Gasteiger partial charge on any atom is -0.465 e. The summed E-state index contributed by atoms with van der Waals surface area (Å²) in [5.74, 6) is 0.797. The van der Waals surface area contributed by atoms with Crippen LogP contribution in [0.4, 0.5) is 0 Å². The molecule has 1 aromatic heterocycles. The first-order valence-electron chi connectivity index (χ1n) is 6.43. The molecule has 0 amide bonds. The molecule has 2 heterocycles. The number of aliphatic hydroxyl groups excluding tert-OH is 1. The number of hydrogen-bond acceptors (Lipinski definition) is 3. The number of rotatable bonds is 1. The Bertz CT molecular complexity index is 443. The van der Waals surface area contributed by atoms with E-state index in [-0.39, 0.29) is 11.1 Å². The van der Waals surface area contributed by atoms with Crippen molar-refractivity contribution >= 4 is 6.08 Å². The summed E-state index contributed by atoms with van der Waals surface area (Å²) in [6.07, 6.45) is 3.94.